The monoisotopic (exact) mass is 317 g/mol. The van der Waals surface area contributed by atoms with Crippen LogP contribution in [-0.4, -0.2) is 49.8 Å². The molecule has 4 nitrogen and oxygen atoms in total. The molecule has 2 aliphatic rings. The fourth-order valence-corrected chi connectivity index (χ4v) is 3.97. The first-order valence-electron chi connectivity index (χ1n) is 7.77. The van der Waals surface area contributed by atoms with Gasteiger partial charge < -0.3 is 14.4 Å². The number of carbonyl (C=O) groups excluding carboxylic acids is 1. The molecular formula is C17H19NO3S. The van der Waals surface area contributed by atoms with Crippen molar-refractivity contribution < 1.29 is 14.3 Å². The minimum absolute atomic E-state index is 0.130. The summed E-state index contributed by atoms with van der Waals surface area (Å²) in [6, 6.07) is 10.1. The van der Waals surface area contributed by atoms with Gasteiger partial charge in [-0.05, 0) is 23.9 Å². The summed E-state index contributed by atoms with van der Waals surface area (Å²) in [7, 11) is 0. The molecule has 1 amide bonds. The smallest absolute Gasteiger partial charge is 0.264 e. The largest absolute Gasteiger partial charge is 0.381 e. The van der Waals surface area contributed by atoms with Crippen LogP contribution in [0.1, 0.15) is 16.1 Å². The maximum absolute atomic E-state index is 12.5. The van der Waals surface area contributed by atoms with Gasteiger partial charge in [0.15, 0.2) is 0 Å². The van der Waals surface area contributed by atoms with Crippen LogP contribution in [-0.2, 0) is 9.47 Å². The molecule has 2 aliphatic heterocycles. The Kier molecular flexibility index (Phi) is 3.86. The number of likely N-dealkylation sites (tertiary alicyclic amines) is 1. The maximum atomic E-state index is 12.5. The predicted octanol–water partition coefficient (Wildman–Crippen LogP) is 2.78. The molecule has 3 heterocycles. The number of nitrogens with zero attached hydrogens (tertiary/aromatic N) is 1. The van der Waals surface area contributed by atoms with Crippen molar-refractivity contribution in [3.05, 3.63) is 35.2 Å². The first-order chi connectivity index (χ1) is 10.8. The van der Waals surface area contributed by atoms with E-state index in [0.717, 1.165) is 36.5 Å². The zero-order valence-electron chi connectivity index (χ0n) is 12.4. The van der Waals surface area contributed by atoms with Gasteiger partial charge in [-0.1, -0.05) is 18.2 Å². The molecule has 0 saturated carbocycles. The lowest BCUT2D eigenvalue weighted by atomic mass is 10.1. The van der Waals surface area contributed by atoms with Gasteiger partial charge in [-0.2, -0.15) is 0 Å². The van der Waals surface area contributed by atoms with Gasteiger partial charge in [0.25, 0.3) is 5.91 Å². The number of hydrogen-bond acceptors (Lipinski definition) is 4. The Hall–Kier alpha value is -1.43. The van der Waals surface area contributed by atoms with Gasteiger partial charge >= 0.3 is 0 Å². The molecule has 2 fully saturated rings. The number of amides is 1. The number of ether oxygens (including phenoxy) is 2. The molecule has 1 aromatic carbocycles. The molecule has 2 aromatic rings. The second kappa shape index (κ2) is 5.99. The number of hydrogen-bond donors (Lipinski definition) is 0. The van der Waals surface area contributed by atoms with Crippen LogP contribution in [0.4, 0.5) is 0 Å². The second-order valence-electron chi connectivity index (χ2n) is 6.04. The van der Waals surface area contributed by atoms with Gasteiger partial charge in [0.05, 0.1) is 24.2 Å². The zero-order chi connectivity index (χ0) is 14.9. The molecule has 1 atom stereocenters. The predicted molar refractivity (Wildman–Crippen MR) is 86.4 cm³/mol. The summed E-state index contributed by atoms with van der Waals surface area (Å²) in [6.45, 7) is 3.85. The van der Waals surface area contributed by atoms with Crippen molar-refractivity contribution in [2.75, 3.05) is 32.9 Å². The Morgan fingerprint density at radius 3 is 3.00 bits per heavy atom. The number of fused-ring (bicyclic) bond motifs is 1. The zero-order valence-corrected chi connectivity index (χ0v) is 13.2. The van der Waals surface area contributed by atoms with Crippen molar-refractivity contribution in [3.63, 3.8) is 0 Å². The first-order valence-corrected chi connectivity index (χ1v) is 8.58. The highest BCUT2D eigenvalue weighted by Crippen LogP contribution is 2.28. The van der Waals surface area contributed by atoms with Crippen LogP contribution in [0.25, 0.3) is 10.1 Å². The first kappa shape index (κ1) is 14.2. The van der Waals surface area contributed by atoms with E-state index in [1.807, 2.05) is 29.2 Å². The molecule has 4 rings (SSSR count). The van der Waals surface area contributed by atoms with Gasteiger partial charge in [-0.3, -0.25) is 4.79 Å². The fourth-order valence-electron chi connectivity index (χ4n) is 2.94. The maximum Gasteiger partial charge on any atom is 0.264 e. The standard InChI is InChI=1S/C17H19NO3S/c19-17(16-7-13-3-1-2-4-15(13)22-16)18-8-14(9-18)21-11-12-5-6-20-10-12/h1-4,7,12,14H,5-6,8-11H2. The molecule has 0 aliphatic carbocycles. The van der Waals surface area contributed by atoms with Gasteiger partial charge in [0, 0.05) is 30.3 Å². The van der Waals surface area contributed by atoms with Crippen molar-refractivity contribution >= 4 is 27.3 Å². The van der Waals surface area contributed by atoms with Crippen LogP contribution < -0.4 is 0 Å². The van der Waals surface area contributed by atoms with E-state index in [0.29, 0.717) is 19.0 Å². The van der Waals surface area contributed by atoms with Gasteiger partial charge in [-0.25, -0.2) is 0 Å². The molecule has 0 N–H and O–H groups in total. The number of carbonyl (C=O) groups is 1. The Labute approximate surface area is 133 Å². The number of benzene rings is 1. The molecule has 22 heavy (non-hydrogen) atoms. The highest BCUT2D eigenvalue weighted by molar-refractivity contribution is 7.20. The van der Waals surface area contributed by atoms with E-state index in [1.165, 1.54) is 4.70 Å². The molecule has 116 valence electrons. The SMILES string of the molecule is O=C(c1cc2ccccc2s1)N1CC(OCC2CCOC2)C1. The van der Waals surface area contributed by atoms with Crippen LogP contribution in [0.15, 0.2) is 30.3 Å². The van der Waals surface area contributed by atoms with E-state index in [-0.39, 0.29) is 12.0 Å². The third kappa shape index (κ3) is 2.76. The van der Waals surface area contributed by atoms with Crippen molar-refractivity contribution in [1.29, 1.82) is 0 Å². The van der Waals surface area contributed by atoms with Crippen LogP contribution in [0.2, 0.25) is 0 Å². The Balaban J connectivity index is 1.31. The van der Waals surface area contributed by atoms with E-state index in [9.17, 15) is 4.79 Å². The molecular weight excluding hydrogens is 298 g/mol. The summed E-state index contributed by atoms with van der Waals surface area (Å²) < 4.78 is 12.4. The Bertz CT molecular complexity index is 638. The summed E-state index contributed by atoms with van der Waals surface area (Å²) in [4.78, 5) is 15.2. The van der Waals surface area contributed by atoms with E-state index >= 15 is 0 Å². The molecule has 2 saturated heterocycles. The fraction of sp³-hybridized carbons (Fsp3) is 0.471. The lowest BCUT2D eigenvalue weighted by Gasteiger charge is -2.39. The Morgan fingerprint density at radius 2 is 2.23 bits per heavy atom. The lowest BCUT2D eigenvalue weighted by molar-refractivity contribution is -0.0540. The van der Waals surface area contributed by atoms with Crippen LogP contribution in [0, 0.1) is 5.92 Å². The van der Waals surface area contributed by atoms with Crippen molar-refractivity contribution in [1.82, 2.24) is 4.90 Å². The summed E-state index contributed by atoms with van der Waals surface area (Å²) in [5.74, 6) is 0.664. The third-order valence-electron chi connectivity index (χ3n) is 4.36. The van der Waals surface area contributed by atoms with Gasteiger partial charge in [0.1, 0.15) is 0 Å². The molecule has 0 bridgehead atoms. The number of thiophene rings is 1. The van der Waals surface area contributed by atoms with E-state index in [1.54, 1.807) is 11.3 Å². The molecule has 5 heteroatoms. The number of rotatable bonds is 4. The van der Waals surface area contributed by atoms with Crippen molar-refractivity contribution in [2.24, 2.45) is 5.92 Å². The van der Waals surface area contributed by atoms with Crippen molar-refractivity contribution in [3.8, 4) is 0 Å². The molecule has 1 aromatic heterocycles. The molecule has 0 radical (unpaired) electrons. The van der Waals surface area contributed by atoms with Gasteiger partial charge in [0.2, 0.25) is 0 Å². The summed E-state index contributed by atoms with van der Waals surface area (Å²) in [5, 5.41) is 1.14. The van der Waals surface area contributed by atoms with E-state index in [2.05, 4.69) is 6.07 Å². The second-order valence-corrected chi connectivity index (χ2v) is 7.13. The normalized spacial score (nSPS) is 22.2. The average Bonchev–Trinajstić information content (AvgIpc) is 3.14. The van der Waals surface area contributed by atoms with E-state index in [4.69, 9.17) is 9.47 Å². The third-order valence-corrected chi connectivity index (χ3v) is 5.47. The highest BCUT2D eigenvalue weighted by atomic mass is 32.1. The molecule has 1 unspecified atom stereocenters. The summed E-state index contributed by atoms with van der Waals surface area (Å²) >= 11 is 1.57. The van der Waals surface area contributed by atoms with Gasteiger partial charge in [-0.15, -0.1) is 11.3 Å². The van der Waals surface area contributed by atoms with Crippen LogP contribution in [0.5, 0.6) is 0 Å². The topological polar surface area (TPSA) is 38.8 Å². The minimum Gasteiger partial charge on any atom is -0.381 e. The van der Waals surface area contributed by atoms with Crippen LogP contribution >= 0.6 is 11.3 Å². The minimum atomic E-state index is 0.130. The Morgan fingerprint density at radius 1 is 1.36 bits per heavy atom. The average molecular weight is 317 g/mol. The highest BCUT2D eigenvalue weighted by Gasteiger charge is 2.33. The van der Waals surface area contributed by atoms with Crippen LogP contribution in [0.3, 0.4) is 0 Å². The quantitative estimate of drug-likeness (QED) is 0.870. The van der Waals surface area contributed by atoms with Crippen molar-refractivity contribution in [2.45, 2.75) is 12.5 Å². The molecule has 0 spiro atoms. The summed E-state index contributed by atoms with van der Waals surface area (Å²) in [6.07, 6.45) is 1.29. The van der Waals surface area contributed by atoms with E-state index < -0.39 is 0 Å². The lowest BCUT2D eigenvalue weighted by Crippen LogP contribution is -2.54. The summed E-state index contributed by atoms with van der Waals surface area (Å²) in [5.41, 5.74) is 0.